The number of hydrogen-bond donors (Lipinski definition) is 0. The van der Waals surface area contributed by atoms with Crippen LogP contribution in [0.1, 0.15) is 0 Å². The quantitative estimate of drug-likeness (QED) is 0.538. The van der Waals surface area contributed by atoms with Crippen LogP contribution in [-0.2, 0) is 0 Å². The molecule has 0 aliphatic carbocycles. The molecule has 0 amide bonds. The molecule has 0 spiro atoms. The van der Waals surface area contributed by atoms with E-state index in [4.69, 9.17) is 0 Å². The Balaban J connectivity index is 5.16. The Morgan fingerprint density at radius 3 is 1.23 bits per heavy atom. The van der Waals surface area contributed by atoms with Crippen molar-refractivity contribution in [2.24, 2.45) is 0 Å². The van der Waals surface area contributed by atoms with Crippen molar-refractivity contribution in [3.8, 4) is 0 Å². The molecule has 0 fully saturated rings. The first-order valence-electron chi connectivity index (χ1n) is 2.47. The van der Waals surface area contributed by atoms with E-state index in [2.05, 4.69) is 0 Å². The summed E-state index contributed by atoms with van der Waals surface area (Å²) in [6, 6.07) is 0. The summed E-state index contributed by atoms with van der Waals surface area (Å²) in [6.45, 7) is 0. The summed E-state index contributed by atoms with van der Waals surface area (Å²) < 4.78 is 90.3. The second kappa shape index (κ2) is 3.35. The molecule has 0 aromatic rings. The monoisotopic (exact) mass is 330 g/mol. The topological polar surface area (TPSA) is 0 Å². The van der Waals surface area contributed by atoms with Gasteiger partial charge in [-0.05, 0) is 0 Å². The molecule has 78 valence electrons. The van der Waals surface area contributed by atoms with Crippen molar-refractivity contribution in [2.45, 2.75) is 18.0 Å². The molecule has 0 N–H and O–H groups in total. The number of rotatable bonds is 2. The average molecular weight is 328 g/mol. The van der Waals surface area contributed by atoms with Crippen molar-refractivity contribution in [1.82, 2.24) is 0 Å². The Labute approximate surface area is 79.3 Å². The third kappa shape index (κ3) is 2.13. The molecule has 0 aromatic carbocycles. The van der Waals surface area contributed by atoms with E-state index in [-0.39, 0.29) is 21.8 Å². The average Bonchev–Trinajstić information content (AvgIpc) is 1.84. The van der Waals surface area contributed by atoms with E-state index in [1.54, 1.807) is 0 Å². The fourth-order valence-corrected chi connectivity index (χ4v) is 0.667. The van der Waals surface area contributed by atoms with Crippen LogP contribution < -0.4 is 0 Å². The van der Waals surface area contributed by atoms with Gasteiger partial charge in [-0.15, -0.1) is 0 Å². The molecule has 0 unspecified atom stereocenters. The normalized spacial score (nSPS) is 14.5. The van der Waals surface area contributed by atoms with Gasteiger partial charge >= 0.3 is 78.8 Å². The molecule has 0 saturated heterocycles. The van der Waals surface area contributed by atoms with Crippen LogP contribution in [0.25, 0.3) is 0 Å². The van der Waals surface area contributed by atoms with E-state index in [9.17, 15) is 35.1 Å². The molecule has 9 heteroatoms. The summed E-state index contributed by atoms with van der Waals surface area (Å²) in [5.41, 5.74) is 0. The molecule has 0 aromatic heterocycles. The SMILES string of the molecule is FC(=[Te])C(F)(F)C(F)(F)C(F)(F)F. The third-order valence-electron chi connectivity index (χ3n) is 0.997. The fourth-order valence-electron chi connectivity index (χ4n) is 0.301. The first-order chi connectivity index (χ1) is 5.44. The molecule has 0 heterocycles. The second-order valence-corrected chi connectivity index (χ2v) is 2.94. The van der Waals surface area contributed by atoms with E-state index >= 15 is 0 Å². The van der Waals surface area contributed by atoms with E-state index in [1.807, 2.05) is 0 Å². The summed E-state index contributed by atoms with van der Waals surface area (Å²) in [5, 5.41) is 0. The molecule has 0 bridgehead atoms. The van der Waals surface area contributed by atoms with Crippen molar-refractivity contribution in [3.05, 3.63) is 0 Å². The van der Waals surface area contributed by atoms with Crippen molar-refractivity contribution in [1.29, 1.82) is 0 Å². The zero-order chi connectivity index (χ0) is 11.1. The van der Waals surface area contributed by atoms with E-state index in [0.29, 0.717) is 0 Å². The van der Waals surface area contributed by atoms with Crippen LogP contribution in [0.2, 0.25) is 0 Å². The molecular formula is C4F8Te. The fraction of sp³-hybridized carbons (Fsp3) is 0.750. The summed E-state index contributed by atoms with van der Waals surface area (Å²) in [4.78, 5) is 0. The standard InChI is InChI=1S/C4F8Te/c5-1(13)2(6,7)3(8,9)4(10,11)12. The van der Waals surface area contributed by atoms with Crippen LogP contribution in [0.4, 0.5) is 35.1 Å². The predicted molar refractivity (Wildman–Crippen MR) is 27.8 cm³/mol. The molecule has 0 atom stereocenters. The third-order valence-corrected chi connectivity index (χ3v) is 1.73. The van der Waals surface area contributed by atoms with Gasteiger partial charge in [0.2, 0.25) is 0 Å². The van der Waals surface area contributed by atoms with Gasteiger partial charge in [-0.3, -0.25) is 0 Å². The van der Waals surface area contributed by atoms with Gasteiger partial charge in [0.25, 0.3) is 0 Å². The van der Waals surface area contributed by atoms with Crippen LogP contribution in [-0.4, -0.2) is 43.6 Å². The van der Waals surface area contributed by atoms with Crippen molar-refractivity contribution in [3.63, 3.8) is 0 Å². The van der Waals surface area contributed by atoms with Gasteiger partial charge in [-0.1, -0.05) is 0 Å². The Kier molecular flexibility index (Phi) is 3.37. The zero-order valence-corrected chi connectivity index (χ0v) is 7.76. The summed E-state index contributed by atoms with van der Waals surface area (Å²) in [7, 11) is 0. The van der Waals surface area contributed by atoms with Crippen molar-refractivity contribution >= 4 is 25.6 Å². The number of hydrogen-bond acceptors (Lipinski definition) is 0. The Hall–Kier alpha value is 0.0996. The van der Waals surface area contributed by atoms with Gasteiger partial charge in [-0.25, -0.2) is 0 Å². The van der Waals surface area contributed by atoms with E-state index in [0.717, 1.165) is 0 Å². The van der Waals surface area contributed by atoms with Crippen molar-refractivity contribution < 1.29 is 35.1 Å². The maximum absolute atomic E-state index is 11.9. The summed E-state index contributed by atoms with van der Waals surface area (Å²) in [6.07, 6.45) is -6.48. The Morgan fingerprint density at radius 2 is 1.15 bits per heavy atom. The summed E-state index contributed by atoms with van der Waals surface area (Å²) >= 11 is -0.228. The molecule has 0 saturated carbocycles. The molecule has 13 heavy (non-hydrogen) atoms. The van der Waals surface area contributed by atoms with Gasteiger partial charge in [0.05, 0.1) is 0 Å². The van der Waals surface area contributed by atoms with Gasteiger partial charge in [0.1, 0.15) is 0 Å². The van der Waals surface area contributed by atoms with Crippen molar-refractivity contribution in [2.75, 3.05) is 0 Å². The van der Waals surface area contributed by atoms with Crippen LogP contribution in [0.15, 0.2) is 0 Å². The second-order valence-electron chi connectivity index (χ2n) is 1.92. The molecule has 0 rings (SSSR count). The molecular weight excluding hydrogens is 328 g/mol. The predicted octanol–water partition coefficient (Wildman–Crippen LogP) is 2.09. The van der Waals surface area contributed by atoms with Gasteiger partial charge < -0.3 is 0 Å². The molecule has 0 aliphatic heterocycles. The van der Waals surface area contributed by atoms with Crippen LogP contribution in [0.5, 0.6) is 0 Å². The maximum atomic E-state index is 11.9. The van der Waals surface area contributed by atoms with Crippen LogP contribution in [0.3, 0.4) is 0 Å². The van der Waals surface area contributed by atoms with E-state index in [1.165, 1.54) is 0 Å². The number of alkyl halides is 7. The Bertz CT molecular complexity index is 215. The minimum absolute atomic E-state index is 0.228. The van der Waals surface area contributed by atoms with Gasteiger partial charge in [0, 0.05) is 0 Å². The van der Waals surface area contributed by atoms with Gasteiger partial charge in [0.15, 0.2) is 0 Å². The number of halogens is 8. The van der Waals surface area contributed by atoms with Crippen LogP contribution >= 0.6 is 0 Å². The zero-order valence-electron chi connectivity index (χ0n) is 5.43. The molecule has 0 radical (unpaired) electrons. The van der Waals surface area contributed by atoms with Gasteiger partial charge in [-0.2, -0.15) is 0 Å². The molecule has 0 nitrogen and oxygen atoms in total. The first-order valence-corrected chi connectivity index (χ1v) is 3.63. The summed E-state index contributed by atoms with van der Waals surface area (Å²) in [5.74, 6) is -12.2. The molecule has 0 aliphatic rings. The van der Waals surface area contributed by atoms with Crippen LogP contribution in [0, 0.1) is 0 Å². The minimum atomic E-state index is -6.48. The first kappa shape index (κ1) is 13.1. The van der Waals surface area contributed by atoms with E-state index < -0.39 is 21.8 Å². The Morgan fingerprint density at radius 1 is 0.846 bits per heavy atom.